The molecule has 1 aliphatic heterocycles. The van der Waals surface area contributed by atoms with E-state index in [1.54, 1.807) is 25.1 Å². The summed E-state index contributed by atoms with van der Waals surface area (Å²) in [5.74, 6) is -0.462. The molecule has 118 valence electrons. The third kappa shape index (κ3) is 4.02. The maximum atomic E-state index is 12.2. The Bertz CT molecular complexity index is 564. The smallest absolute Gasteiger partial charge is 0.303 e. The summed E-state index contributed by atoms with van der Waals surface area (Å²) < 4.78 is 10.9. The van der Waals surface area contributed by atoms with Crippen LogP contribution in [-0.2, 0) is 14.3 Å². The summed E-state index contributed by atoms with van der Waals surface area (Å²) in [5, 5.41) is 9.43. The summed E-state index contributed by atoms with van der Waals surface area (Å²) >= 11 is 0. The summed E-state index contributed by atoms with van der Waals surface area (Å²) in [4.78, 5) is 23.3. The van der Waals surface area contributed by atoms with E-state index in [4.69, 9.17) is 9.47 Å². The van der Waals surface area contributed by atoms with Gasteiger partial charge in [-0.1, -0.05) is 36.4 Å². The highest BCUT2D eigenvalue weighted by atomic mass is 16.6. The topological polar surface area (TPSA) is 72.8 Å². The van der Waals surface area contributed by atoms with Crippen molar-refractivity contribution in [2.45, 2.75) is 38.6 Å². The number of esters is 1. The lowest BCUT2D eigenvalue weighted by atomic mass is 9.97. The number of ketones is 1. The molecular formula is C17H20O5. The fraction of sp³-hybridized carbons (Fsp3) is 0.412. The molecule has 1 aromatic rings. The van der Waals surface area contributed by atoms with E-state index in [1.807, 2.05) is 18.2 Å². The third-order valence-electron chi connectivity index (χ3n) is 3.54. The van der Waals surface area contributed by atoms with E-state index < -0.39 is 24.3 Å². The number of Topliss-reactive ketones (excluding diaryl/α,β-unsaturated/α-hetero) is 1. The summed E-state index contributed by atoms with van der Waals surface area (Å²) in [7, 11) is 0. The zero-order valence-electron chi connectivity index (χ0n) is 12.7. The van der Waals surface area contributed by atoms with Crippen LogP contribution in [0, 0.1) is 0 Å². The third-order valence-corrected chi connectivity index (χ3v) is 3.54. The summed E-state index contributed by atoms with van der Waals surface area (Å²) in [6.45, 7) is 2.84. The lowest BCUT2D eigenvalue weighted by Crippen LogP contribution is -2.43. The number of carbonyl (C=O) groups excluding carboxylic acids is 2. The van der Waals surface area contributed by atoms with Gasteiger partial charge in [0.25, 0.3) is 0 Å². The molecule has 22 heavy (non-hydrogen) atoms. The number of carbonyl (C=O) groups is 2. The number of aliphatic hydroxyl groups is 1. The van der Waals surface area contributed by atoms with Crippen molar-refractivity contribution in [2.75, 3.05) is 6.61 Å². The average Bonchev–Trinajstić information content (AvgIpc) is 2.50. The molecule has 2 rings (SSSR count). The molecule has 0 amide bonds. The van der Waals surface area contributed by atoms with E-state index in [-0.39, 0.29) is 18.8 Å². The van der Waals surface area contributed by atoms with E-state index in [0.29, 0.717) is 5.56 Å². The van der Waals surface area contributed by atoms with Crippen LogP contribution >= 0.6 is 0 Å². The highest BCUT2D eigenvalue weighted by molar-refractivity contribution is 5.96. The molecule has 1 aromatic carbocycles. The quantitative estimate of drug-likeness (QED) is 0.511. The predicted octanol–water partition coefficient (Wildman–Crippen LogP) is 1.90. The van der Waals surface area contributed by atoms with E-state index in [2.05, 4.69) is 0 Å². The predicted molar refractivity (Wildman–Crippen MR) is 80.4 cm³/mol. The summed E-state index contributed by atoms with van der Waals surface area (Å²) in [5.41, 5.74) is 1.41. The molecule has 0 saturated carbocycles. The van der Waals surface area contributed by atoms with E-state index in [9.17, 15) is 14.7 Å². The number of benzene rings is 1. The van der Waals surface area contributed by atoms with Gasteiger partial charge in [-0.2, -0.15) is 0 Å². The van der Waals surface area contributed by atoms with Crippen molar-refractivity contribution in [1.29, 1.82) is 0 Å². The minimum atomic E-state index is -0.650. The molecule has 0 unspecified atom stereocenters. The number of hydrogen-bond acceptors (Lipinski definition) is 5. The Hall–Kier alpha value is -1.98. The lowest BCUT2D eigenvalue weighted by Gasteiger charge is -2.33. The van der Waals surface area contributed by atoms with Crippen molar-refractivity contribution in [3.05, 3.63) is 47.5 Å². The second kappa shape index (κ2) is 7.33. The molecule has 1 heterocycles. The van der Waals surface area contributed by atoms with Gasteiger partial charge >= 0.3 is 5.97 Å². The Labute approximate surface area is 129 Å². The number of aliphatic hydroxyl groups excluding tert-OH is 1. The zero-order valence-corrected chi connectivity index (χ0v) is 12.7. The molecule has 5 heteroatoms. The molecule has 0 spiro atoms. The maximum Gasteiger partial charge on any atom is 0.303 e. The molecule has 0 bridgehead atoms. The highest BCUT2D eigenvalue weighted by Crippen LogP contribution is 2.25. The molecule has 1 N–H and O–H groups in total. The van der Waals surface area contributed by atoms with Crippen molar-refractivity contribution >= 4 is 11.8 Å². The Kier molecular flexibility index (Phi) is 5.46. The number of ether oxygens (including phenoxy) is 2. The standard InChI is InChI=1S/C17H20O5/c1-11-8-14(9-15(20)13-6-4-3-5-7-13)22-16(10-18)17(11)21-12(2)19/h3-8,14,16-18H,9-10H2,1-2H3/t14-,16+,17-/m0/s1. The van der Waals surface area contributed by atoms with E-state index in [1.165, 1.54) is 6.92 Å². The Morgan fingerprint density at radius 1 is 1.27 bits per heavy atom. The second-order valence-corrected chi connectivity index (χ2v) is 5.33. The molecule has 0 radical (unpaired) electrons. The van der Waals surface area contributed by atoms with Crippen molar-refractivity contribution in [3.63, 3.8) is 0 Å². The molecule has 0 aromatic heterocycles. The second-order valence-electron chi connectivity index (χ2n) is 5.33. The molecule has 0 saturated heterocycles. The Balaban J connectivity index is 2.08. The first-order chi connectivity index (χ1) is 10.5. The number of hydrogen-bond donors (Lipinski definition) is 1. The highest BCUT2D eigenvalue weighted by Gasteiger charge is 2.33. The van der Waals surface area contributed by atoms with Crippen molar-refractivity contribution in [1.82, 2.24) is 0 Å². The lowest BCUT2D eigenvalue weighted by molar-refractivity contribution is -0.158. The van der Waals surface area contributed by atoms with Gasteiger partial charge in [0.05, 0.1) is 12.7 Å². The molecule has 1 aliphatic rings. The normalized spacial score (nSPS) is 24.5. The van der Waals surface area contributed by atoms with Crippen molar-refractivity contribution < 1.29 is 24.2 Å². The molecule has 0 aliphatic carbocycles. The first-order valence-corrected chi connectivity index (χ1v) is 7.21. The summed E-state index contributed by atoms with van der Waals surface area (Å²) in [6.07, 6.45) is 0.273. The van der Waals surface area contributed by atoms with Crippen LogP contribution < -0.4 is 0 Å². The van der Waals surface area contributed by atoms with Crippen LogP contribution in [0.3, 0.4) is 0 Å². The van der Waals surface area contributed by atoms with Crippen LogP contribution in [-0.4, -0.2) is 41.8 Å². The van der Waals surface area contributed by atoms with Gasteiger partial charge in [-0.05, 0) is 12.5 Å². The number of rotatable bonds is 5. The van der Waals surface area contributed by atoms with Crippen LogP contribution in [0.15, 0.2) is 42.0 Å². The van der Waals surface area contributed by atoms with Crippen LogP contribution in [0.2, 0.25) is 0 Å². The largest absolute Gasteiger partial charge is 0.455 e. The van der Waals surface area contributed by atoms with Crippen molar-refractivity contribution in [3.8, 4) is 0 Å². The van der Waals surface area contributed by atoms with Gasteiger partial charge in [-0.3, -0.25) is 9.59 Å². The Morgan fingerprint density at radius 2 is 1.95 bits per heavy atom. The van der Waals surface area contributed by atoms with Gasteiger partial charge in [0.2, 0.25) is 0 Å². The fourth-order valence-electron chi connectivity index (χ4n) is 2.53. The van der Waals surface area contributed by atoms with Gasteiger partial charge in [0, 0.05) is 18.9 Å². The monoisotopic (exact) mass is 304 g/mol. The SMILES string of the molecule is CC(=O)O[C@H]1C(C)=C[C@@H](CC(=O)c2ccccc2)O[C@@H]1CO. The van der Waals surface area contributed by atoms with Gasteiger partial charge in [0.15, 0.2) is 11.9 Å². The molecule has 3 atom stereocenters. The van der Waals surface area contributed by atoms with Crippen LogP contribution in [0.5, 0.6) is 0 Å². The van der Waals surface area contributed by atoms with Gasteiger partial charge < -0.3 is 14.6 Å². The first-order valence-electron chi connectivity index (χ1n) is 7.21. The van der Waals surface area contributed by atoms with Crippen LogP contribution in [0.4, 0.5) is 0 Å². The van der Waals surface area contributed by atoms with Gasteiger partial charge in [0.1, 0.15) is 6.10 Å². The maximum absolute atomic E-state index is 12.2. The molecule has 0 fully saturated rings. The van der Waals surface area contributed by atoms with E-state index in [0.717, 1.165) is 5.57 Å². The first kappa shape index (κ1) is 16.4. The average molecular weight is 304 g/mol. The van der Waals surface area contributed by atoms with E-state index >= 15 is 0 Å². The minimum Gasteiger partial charge on any atom is -0.455 e. The van der Waals surface area contributed by atoms with Gasteiger partial charge in [-0.15, -0.1) is 0 Å². The zero-order chi connectivity index (χ0) is 16.1. The minimum absolute atomic E-state index is 0.0303. The fourth-order valence-corrected chi connectivity index (χ4v) is 2.53. The summed E-state index contributed by atoms with van der Waals surface area (Å²) in [6, 6.07) is 8.98. The molecule has 5 nitrogen and oxygen atoms in total. The van der Waals surface area contributed by atoms with Gasteiger partial charge in [-0.25, -0.2) is 0 Å². The molecular weight excluding hydrogens is 284 g/mol. The van der Waals surface area contributed by atoms with Crippen LogP contribution in [0.25, 0.3) is 0 Å². The van der Waals surface area contributed by atoms with Crippen LogP contribution in [0.1, 0.15) is 30.6 Å². The Morgan fingerprint density at radius 3 is 2.55 bits per heavy atom. The van der Waals surface area contributed by atoms with Crippen molar-refractivity contribution in [2.24, 2.45) is 0 Å².